The van der Waals surface area contributed by atoms with Crippen molar-refractivity contribution in [2.75, 3.05) is 0 Å². The van der Waals surface area contributed by atoms with Crippen LogP contribution in [-0.2, 0) is 0 Å². The lowest BCUT2D eigenvalue weighted by molar-refractivity contribution is 0.462. The van der Waals surface area contributed by atoms with Gasteiger partial charge < -0.3 is 0 Å². The minimum absolute atomic E-state index is 0.0741. The fourth-order valence-electron chi connectivity index (χ4n) is 1.76. The van der Waals surface area contributed by atoms with Crippen molar-refractivity contribution in [3.05, 3.63) is 34.1 Å². The third kappa shape index (κ3) is 2.56. The molecule has 0 aromatic heterocycles. The molecule has 0 saturated heterocycles. The lowest BCUT2D eigenvalue weighted by Crippen LogP contribution is -2.29. The number of rotatable bonds is 4. The van der Waals surface area contributed by atoms with Gasteiger partial charge in [0.15, 0.2) is 0 Å². The summed E-state index contributed by atoms with van der Waals surface area (Å²) in [7, 11) is 0. The highest BCUT2D eigenvalue weighted by atomic mass is 79.9. The van der Waals surface area contributed by atoms with E-state index in [1.807, 2.05) is 6.07 Å². The van der Waals surface area contributed by atoms with Gasteiger partial charge in [0.25, 0.3) is 0 Å². The maximum atomic E-state index is 13.8. The van der Waals surface area contributed by atoms with Crippen LogP contribution in [0.4, 0.5) is 4.39 Å². The molecule has 0 bridgehead atoms. The summed E-state index contributed by atoms with van der Waals surface area (Å²) < 4.78 is 14.3. The van der Waals surface area contributed by atoms with Crippen molar-refractivity contribution in [3.63, 3.8) is 0 Å². The molecule has 4 heteroatoms. The van der Waals surface area contributed by atoms with Crippen molar-refractivity contribution in [2.24, 2.45) is 11.8 Å². The highest BCUT2D eigenvalue weighted by Gasteiger charge is 2.27. The number of hydrogen-bond acceptors (Lipinski definition) is 2. The van der Waals surface area contributed by atoms with Crippen molar-refractivity contribution in [3.8, 4) is 0 Å². The first-order valence-electron chi connectivity index (χ1n) is 5.12. The van der Waals surface area contributed by atoms with Crippen molar-refractivity contribution in [1.82, 2.24) is 5.43 Å². The van der Waals surface area contributed by atoms with Gasteiger partial charge in [-0.25, -0.2) is 4.39 Å². The second-order valence-corrected chi connectivity index (χ2v) is 4.90. The molecule has 0 radical (unpaired) electrons. The normalized spacial score (nSPS) is 17.8. The molecule has 0 amide bonds. The molecule has 1 saturated carbocycles. The molecule has 1 aliphatic rings. The molecule has 15 heavy (non-hydrogen) atoms. The molecule has 1 aromatic carbocycles. The quantitative estimate of drug-likeness (QED) is 0.654. The van der Waals surface area contributed by atoms with E-state index in [1.165, 1.54) is 12.8 Å². The Hall–Kier alpha value is -0.450. The predicted molar refractivity (Wildman–Crippen MR) is 61.5 cm³/mol. The van der Waals surface area contributed by atoms with Crippen LogP contribution in [0.15, 0.2) is 22.7 Å². The van der Waals surface area contributed by atoms with Crippen molar-refractivity contribution >= 4 is 15.9 Å². The third-order valence-electron chi connectivity index (χ3n) is 2.82. The highest BCUT2D eigenvalue weighted by molar-refractivity contribution is 9.10. The molecule has 1 aliphatic carbocycles. The van der Waals surface area contributed by atoms with Crippen molar-refractivity contribution < 1.29 is 4.39 Å². The Balaban J connectivity index is 2.20. The maximum absolute atomic E-state index is 13.8. The zero-order valence-electron chi connectivity index (χ0n) is 8.34. The molecule has 2 nitrogen and oxygen atoms in total. The molecular weight excluding hydrogens is 259 g/mol. The molecule has 1 unspecified atom stereocenters. The van der Waals surface area contributed by atoms with Crippen LogP contribution < -0.4 is 11.3 Å². The Bertz CT molecular complexity index is 352. The Morgan fingerprint density at radius 1 is 1.53 bits per heavy atom. The van der Waals surface area contributed by atoms with Gasteiger partial charge in [-0.3, -0.25) is 11.3 Å². The fraction of sp³-hybridized carbons (Fsp3) is 0.455. The Morgan fingerprint density at radius 2 is 2.27 bits per heavy atom. The van der Waals surface area contributed by atoms with E-state index < -0.39 is 0 Å². The van der Waals surface area contributed by atoms with E-state index >= 15 is 0 Å². The molecule has 1 aromatic rings. The third-order valence-corrected chi connectivity index (χ3v) is 3.44. The highest BCUT2D eigenvalue weighted by Crippen LogP contribution is 2.38. The van der Waals surface area contributed by atoms with E-state index in [9.17, 15) is 4.39 Å². The van der Waals surface area contributed by atoms with Gasteiger partial charge in [0, 0.05) is 11.6 Å². The van der Waals surface area contributed by atoms with Crippen LogP contribution in [0.2, 0.25) is 0 Å². The van der Waals surface area contributed by atoms with E-state index in [2.05, 4.69) is 21.4 Å². The lowest BCUT2D eigenvalue weighted by atomic mass is 10.0. The average molecular weight is 273 g/mol. The van der Waals surface area contributed by atoms with E-state index in [1.54, 1.807) is 12.1 Å². The zero-order chi connectivity index (χ0) is 10.8. The second-order valence-electron chi connectivity index (χ2n) is 4.04. The summed E-state index contributed by atoms with van der Waals surface area (Å²) in [6.07, 6.45) is 3.41. The van der Waals surface area contributed by atoms with Crippen LogP contribution in [0.3, 0.4) is 0 Å². The van der Waals surface area contributed by atoms with E-state index in [4.69, 9.17) is 5.84 Å². The molecule has 0 heterocycles. The summed E-state index contributed by atoms with van der Waals surface area (Å²) in [6, 6.07) is 5.24. The largest absolute Gasteiger partial charge is 0.271 e. The Kier molecular flexibility index (Phi) is 3.38. The maximum Gasteiger partial charge on any atom is 0.142 e. The van der Waals surface area contributed by atoms with Gasteiger partial charge in [0.05, 0.1) is 4.47 Å². The molecule has 1 fully saturated rings. The smallest absolute Gasteiger partial charge is 0.142 e. The summed E-state index contributed by atoms with van der Waals surface area (Å²) in [5.41, 5.74) is 3.35. The van der Waals surface area contributed by atoms with Gasteiger partial charge >= 0.3 is 0 Å². The van der Waals surface area contributed by atoms with Gasteiger partial charge in [-0.15, -0.1) is 0 Å². The van der Waals surface area contributed by atoms with Gasteiger partial charge in [0.2, 0.25) is 0 Å². The predicted octanol–water partition coefficient (Wildman–Crippen LogP) is 2.89. The van der Waals surface area contributed by atoms with Gasteiger partial charge in [0.1, 0.15) is 5.82 Å². The topological polar surface area (TPSA) is 38.0 Å². The van der Waals surface area contributed by atoms with E-state index in [0.29, 0.717) is 16.0 Å². The first-order chi connectivity index (χ1) is 7.22. The second kappa shape index (κ2) is 4.60. The number of hydrazine groups is 1. The minimum atomic E-state index is -0.207. The van der Waals surface area contributed by atoms with Crippen LogP contribution in [0.1, 0.15) is 30.9 Å². The molecule has 0 aliphatic heterocycles. The summed E-state index contributed by atoms with van der Waals surface area (Å²) in [5, 5.41) is 0. The molecule has 1 atom stereocenters. The zero-order valence-corrected chi connectivity index (χ0v) is 9.93. The van der Waals surface area contributed by atoms with Crippen molar-refractivity contribution in [2.45, 2.75) is 25.3 Å². The van der Waals surface area contributed by atoms with E-state index in [0.717, 1.165) is 6.42 Å². The average Bonchev–Trinajstić information content (AvgIpc) is 3.03. The first kappa shape index (κ1) is 11.0. The minimum Gasteiger partial charge on any atom is -0.271 e. The number of halogens is 2. The first-order valence-corrected chi connectivity index (χ1v) is 5.91. The number of hydrogen-bond donors (Lipinski definition) is 2. The Labute approximate surface area is 97.1 Å². The monoisotopic (exact) mass is 272 g/mol. The SMILES string of the molecule is NNC(CC1CC1)c1cccc(Br)c1F. The molecule has 82 valence electrons. The van der Waals surface area contributed by atoms with Crippen LogP contribution in [0.5, 0.6) is 0 Å². The van der Waals surface area contributed by atoms with E-state index in [-0.39, 0.29) is 11.9 Å². The molecule has 2 rings (SSSR count). The summed E-state index contributed by atoms with van der Waals surface area (Å²) in [4.78, 5) is 0. The number of nitrogens with two attached hydrogens (primary N) is 1. The fourth-order valence-corrected chi connectivity index (χ4v) is 2.14. The van der Waals surface area contributed by atoms with Crippen molar-refractivity contribution in [1.29, 1.82) is 0 Å². The van der Waals surface area contributed by atoms with Crippen LogP contribution >= 0.6 is 15.9 Å². The molecule has 0 spiro atoms. The summed E-state index contributed by atoms with van der Waals surface area (Å²) >= 11 is 3.18. The standard InChI is InChI=1S/C11H14BrFN2/c12-9-3-1-2-8(11(9)13)10(15-14)6-7-4-5-7/h1-3,7,10,15H,4-6,14H2. The molecular formula is C11H14BrFN2. The van der Waals surface area contributed by atoms with Crippen LogP contribution in [-0.4, -0.2) is 0 Å². The van der Waals surface area contributed by atoms with Gasteiger partial charge in [-0.2, -0.15) is 0 Å². The van der Waals surface area contributed by atoms with Crippen LogP contribution in [0, 0.1) is 11.7 Å². The summed E-state index contributed by atoms with van der Waals surface area (Å²) in [5.74, 6) is 5.97. The van der Waals surface area contributed by atoms with Gasteiger partial charge in [-0.1, -0.05) is 25.0 Å². The number of benzene rings is 1. The number of nitrogens with one attached hydrogen (secondary N) is 1. The molecule has 3 N–H and O–H groups in total. The summed E-state index contributed by atoms with van der Waals surface area (Å²) in [6.45, 7) is 0. The Morgan fingerprint density at radius 3 is 2.87 bits per heavy atom. The van der Waals surface area contributed by atoms with Gasteiger partial charge in [-0.05, 0) is 34.3 Å². The lowest BCUT2D eigenvalue weighted by Gasteiger charge is -2.17. The van der Waals surface area contributed by atoms with Crippen LogP contribution in [0.25, 0.3) is 0 Å².